The number of aromatic nitrogens is 1. The predicted octanol–water partition coefficient (Wildman–Crippen LogP) is 3.43. The van der Waals surface area contributed by atoms with Gasteiger partial charge in [0.1, 0.15) is 16.4 Å². The summed E-state index contributed by atoms with van der Waals surface area (Å²) >= 11 is 6.05. The molecule has 140 valence electrons. The van der Waals surface area contributed by atoms with Gasteiger partial charge in [0.2, 0.25) is 5.91 Å². The summed E-state index contributed by atoms with van der Waals surface area (Å²) in [6, 6.07) is 5.51. The number of nitro benzene ring substituents is 1. The molecule has 0 spiro atoms. The van der Waals surface area contributed by atoms with Gasteiger partial charge < -0.3 is 10.1 Å². The van der Waals surface area contributed by atoms with Gasteiger partial charge in [-0.1, -0.05) is 11.6 Å². The van der Waals surface area contributed by atoms with Gasteiger partial charge in [-0.15, -0.1) is 0 Å². The van der Waals surface area contributed by atoms with Gasteiger partial charge >= 0.3 is 0 Å². The van der Waals surface area contributed by atoms with E-state index >= 15 is 0 Å². The minimum atomic E-state index is -0.769. The Morgan fingerprint density at radius 2 is 2.04 bits per heavy atom. The number of halogens is 1. The van der Waals surface area contributed by atoms with Crippen LogP contribution in [0.5, 0.6) is 5.75 Å². The van der Waals surface area contributed by atoms with Crippen LogP contribution < -0.4 is 15.6 Å². The second-order valence-electron chi connectivity index (χ2n) is 6.61. The number of carbonyl (C=O) groups is 1. The Morgan fingerprint density at radius 3 is 2.67 bits per heavy atom. The Kier molecular flexibility index (Phi) is 4.52. The third-order valence-corrected chi connectivity index (χ3v) is 4.13. The summed E-state index contributed by atoms with van der Waals surface area (Å²) in [5, 5.41) is 13.6. The molecule has 1 N–H and O–H groups in total. The Bertz CT molecular complexity index is 1060. The maximum atomic E-state index is 12.6. The third-order valence-electron chi connectivity index (χ3n) is 3.86. The van der Waals surface area contributed by atoms with E-state index in [0.717, 1.165) is 0 Å². The van der Waals surface area contributed by atoms with Gasteiger partial charge in [-0.05, 0) is 32.1 Å². The number of fused-ring (bicyclic) bond motifs is 1. The number of rotatable bonds is 3. The van der Waals surface area contributed by atoms with Crippen molar-refractivity contribution in [3.05, 3.63) is 67.6 Å². The number of anilines is 1. The fourth-order valence-electron chi connectivity index (χ4n) is 2.84. The molecular weight excluding hydrogens is 374 g/mol. The van der Waals surface area contributed by atoms with Crippen LogP contribution >= 0.6 is 11.6 Å². The maximum absolute atomic E-state index is 12.6. The van der Waals surface area contributed by atoms with Gasteiger partial charge in [-0.2, -0.15) is 0 Å². The lowest BCUT2D eigenvalue weighted by atomic mass is 9.98. The molecule has 8 nitrogen and oxygen atoms in total. The molecule has 1 aromatic carbocycles. The average molecular weight is 390 g/mol. The van der Waals surface area contributed by atoms with E-state index in [1.54, 1.807) is 19.9 Å². The van der Waals surface area contributed by atoms with Crippen molar-refractivity contribution in [2.45, 2.75) is 26.4 Å². The Hall–Kier alpha value is -3.13. The number of nitrogens with one attached hydrogen (secondary N) is 1. The lowest BCUT2D eigenvalue weighted by Gasteiger charge is -2.31. The highest BCUT2D eigenvalue weighted by Gasteiger charge is 2.29. The zero-order chi connectivity index (χ0) is 19.9. The fourth-order valence-corrected chi connectivity index (χ4v) is 3.05. The maximum Gasteiger partial charge on any atom is 0.273 e. The van der Waals surface area contributed by atoms with E-state index in [-0.39, 0.29) is 16.6 Å². The lowest BCUT2D eigenvalue weighted by molar-refractivity contribution is -0.384. The molecule has 0 aliphatic carbocycles. The van der Waals surface area contributed by atoms with E-state index in [1.165, 1.54) is 42.0 Å². The molecule has 2 aromatic rings. The second-order valence-corrected chi connectivity index (χ2v) is 7.01. The van der Waals surface area contributed by atoms with Crippen molar-refractivity contribution >= 4 is 34.6 Å². The van der Waals surface area contributed by atoms with E-state index < -0.39 is 16.1 Å². The monoisotopic (exact) mass is 389 g/mol. The van der Waals surface area contributed by atoms with Gasteiger partial charge in [-0.3, -0.25) is 24.3 Å². The molecule has 1 aromatic heterocycles. The molecule has 9 heteroatoms. The molecule has 0 bridgehead atoms. The molecular formula is C18H16ClN3O5. The first-order chi connectivity index (χ1) is 12.6. The van der Waals surface area contributed by atoms with E-state index in [4.69, 9.17) is 16.3 Å². The number of benzene rings is 1. The van der Waals surface area contributed by atoms with Gasteiger partial charge in [-0.25, -0.2) is 0 Å². The SMILES string of the molecule is CC(=O)Nc1cc(Cl)c(=O)n(C2=CC(C)(C)Oc3ccc([N+](=O)[O-])cc32)c1. The molecule has 0 radical (unpaired) electrons. The normalized spacial score (nSPS) is 14.6. The number of nitrogens with zero attached hydrogens (tertiary/aromatic N) is 2. The number of ether oxygens (including phenoxy) is 1. The Balaban J connectivity index is 2.27. The minimum Gasteiger partial charge on any atom is -0.483 e. The standard InChI is InChI=1S/C18H16ClN3O5/c1-10(23)20-11-6-14(19)17(24)21(9-11)15-8-18(2,3)27-16-5-4-12(22(25)26)7-13(15)16/h4-9H,1-3H3,(H,20,23). The quantitative estimate of drug-likeness (QED) is 0.639. The highest BCUT2D eigenvalue weighted by Crippen LogP contribution is 2.38. The zero-order valence-electron chi connectivity index (χ0n) is 14.8. The summed E-state index contributed by atoms with van der Waals surface area (Å²) in [6.07, 6.45) is 3.10. The van der Waals surface area contributed by atoms with Crippen LogP contribution in [0.3, 0.4) is 0 Å². The van der Waals surface area contributed by atoms with Crippen LogP contribution in [0.1, 0.15) is 26.3 Å². The van der Waals surface area contributed by atoms with E-state index in [2.05, 4.69) is 5.32 Å². The van der Waals surface area contributed by atoms with Crippen LogP contribution in [0.15, 0.2) is 41.3 Å². The molecule has 1 amide bonds. The molecule has 2 heterocycles. The van der Waals surface area contributed by atoms with Crippen LogP contribution in [0.4, 0.5) is 11.4 Å². The number of nitro groups is 1. The predicted molar refractivity (Wildman–Crippen MR) is 101 cm³/mol. The van der Waals surface area contributed by atoms with Crippen molar-refractivity contribution in [3.63, 3.8) is 0 Å². The van der Waals surface area contributed by atoms with Crippen molar-refractivity contribution in [1.82, 2.24) is 4.57 Å². The van der Waals surface area contributed by atoms with E-state index in [0.29, 0.717) is 22.7 Å². The van der Waals surface area contributed by atoms with Crippen molar-refractivity contribution in [1.29, 1.82) is 0 Å². The highest BCUT2D eigenvalue weighted by atomic mass is 35.5. The van der Waals surface area contributed by atoms with Crippen molar-refractivity contribution in [2.75, 3.05) is 5.32 Å². The summed E-state index contributed by atoms with van der Waals surface area (Å²) in [5.74, 6) is 0.0737. The van der Waals surface area contributed by atoms with Crippen molar-refractivity contribution in [3.8, 4) is 5.75 Å². The van der Waals surface area contributed by atoms with E-state index in [1.807, 2.05) is 0 Å². The molecule has 27 heavy (non-hydrogen) atoms. The van der Waals surface area contributed by atoms with Crippen LogP contribution in [-0.2, 0) is 4.79 Å². The van der Waals surface area contributed by atoms with Crippen LogP contribution in [0.2, 0.25) is 5.02 Å². The summed E-state index contributed by atoms with van der Waals surface area (Å²) in [7, 11) is 0. The fraction of sp³-hybridized carbons (Fsp3) is 0.222. The van der Waals surface area contributed by atoms with Gasteiger partial charge in [0, 0.05) is 30.8 Å². The van der Waals surface area contributed by atoms with E-state index in [9.17, 15) is 19.7 Å². The number of pyridine rings is 1. The largest absolute Gasteiger partial charge is 0.483 e. The minimum absolute atomic E-state index is 0.0987. The summed E-state index contributed by atoms with van der Waals surface area (Å²) in [4.78, 5) is 34.7. The van der Waals surface area contributed by atoms with Crippen molar-refractivity contribution < 1.29 is 14.5 Å². The molecule has 0 unspecified atom stereocenters. The number of non-ortho nitro benzene ring substituents is 1. The van der Waals surface area contributed by atoms with Crippen LogP contribution in [0.25, 0.3) is 5.70 Å². The van der Waals surface area contributed by atoms with Crippen molar-refractivity contribution in [2.24, 2.45) is 0 Å². The van der Waals surface area contributed by atoms with Crippen LogP contribution in [0, 0.1) is 10.1 Å². The number of hydrogen-bond acceptors (Lipinski definition) is 5. The summed E-state index contributed by atoms with van der Waals surface area (Å²) in [6.45, 7) is 4.92. The smallest absolute Gasteiger partial charge is 0.273 e. The second kappa shape index (κ2) is 6.55. The first-order valence-electron chi connectivity index (χ1n) is 7.98. The molecule has 1 aliphatic heterocycles. The average Bonchev–Trinajstić information content (AvgIpc) is 2.55. The topological polar surface area (TPSA) is 103 Å². The Morgan fingerprint density at radius 1 is 1.33 bits per heavy atom. The molecule has 0 atom stereocenters. The third kappa shape index (κ3) is 3.70. The number of hydrogen-bond donors (Lipinski definition) is 1. The summed E-state index contributed by atoms with van der Waals surface area (Å²) < 4.78 is 7.10. The molecule has 0 saturated heterocycles. The van der Waals surface area contributed by atoms with Gasteiger partial charge in [0.25, 0.3) is 11.2 Å². The Labute approximate surface area is 159 Å². The molecule has 3 rings (SSSR count). The summed E-state index contributed by atoms with van der Waals surface area (Å²) in [5.41, 5.74) is -0.351. The molecule has 0 saturated carbocycles. The number of amides is 1. The number of carbonyl (C=O) groups excluding carboxylic acids is 1. The van der Waals surface area contributed by atoms with Crippen LogP contribution in [-0.4, -0.2) is 21.0 Å². The highest BCUT2D eigenvalue weighted by molar-refractivity contribution is 6.30. The first-order valence-corrected chi connectivity index (χ1v) is 8.36. The van der Waals surface area contributed by atoms with Gasteiger partial charge in [0.15, 0.2) is 0 Å². The molecule has 0 fully saturated rings. The first kappa shape index (κ1) is 18.7. The van der Waals surface area contributed by atoms with Gasteiger partial charge in [0.05, 0.1) is 16.3 Å². The zero-order valence-corrected chi connectivity index (χ0v) is 15.5. The lowest BCUT2D eigenvalue weighted by Crippen LogP contribution is -2.32. The molecule has 1 aliphatic rings.